The molecule has 0 saturated heterocycles. The topological polar surface area (TPSA) is 58.9 Å². The van der Waals surface area contributed by atoms with Crippen molar-refractivity contribution >= 4 is 11.0 Å². The highest BCUT2D eigenvalue weighted by molar-refractivity contribution is 5.73. The van der Waals surface area contributed by atoms with Gasteiger partial charge in [-0.2, -0.15) is 0 Å². The standard InChI is InChI=1S/C6H4N2O2.C2H6/c9-6-5-4(1-2-7-6)3-8-10-5;1-2/h1-3H,(H,7,9);1-2H3. The lowest BCUT2D eigenvalue weighted by molar-refractivity contribution is 0.453. The lowest BCUT2D eigenvalue weighted by Gasteiger charge is -1.80. The van der Waals surface area contributed by atoms with E-state index >= 15 is 0 Å². The van der Waals surface area contributed by atoms with Gasteiger partial charge in [0.05, 0.1) is 6.20 Å². The maximum Gasteiger partial charge on any atom is 0.294 e. The van der Waals surface area contributed by atoms with Gasteiger partial charge in [-0.25, -0.2) is 0 Å². The summed E-state index contributed by atoms with van der Waals surface area (Å²) < 4.78 is 4.65. The van der Waals surface area contributed by atoms with Crippen molar-refractivity contribution in [2.45, 2.75) is 13.8 Å². The van der Waals surface area contributed by atoms with Crippen molar-refractivity contribution in [3.63, 3.8) is 0 Å². The third kappa shape index (κ3) is 1.37. The SMILES string of the molecule is CC.O=c1[nH]ccc2cnoc12. The summed E-state index contributed by atoms with van der Waals surface area (Å²) >= 11 is 0. The highest BCUT2D eigenvalue weighted by Gasteiger charge is 1.99. The van der Waals surface area contributed by atoms with Gasteiger partial charge in [-0.3, -0.25) is 4.79 Å². The van der Waals surface area contributed by atoms with Crippen LogP contribution >= 0.6 is 0 Å². The zero-order chi connectivity index (χ0) is 8.97. The third-order valence-electron chi connectivity index (χ3n) is 1.28. The molecule has 2 aromatic rings. The number of aromatic amines is 1. The van der Waals surface area contributed by atoms with Gasteiger partial charge in [-0.1, -0.05) is 19.0 Å². The molecule has 4 heteroatoms. The average molecular weight is 166 g/mol. The molecule has 0 aliphatic heterocycles. The van der Waals surface area contributed by atoms with Crippen molar-refractivity contribution in [2.75, 3.05) is 0 Å². The fourth-order valence-corrected chi connectivity index (χ4v) is 0.811. The molecule has 2 heterocycles. The average Bonchev–Trinajstić information content (AvgIpc) is 2.57. The van der Waals surface area contributed by atoms with Crippen LogP contribution in [-0.2, 0) is 0 Å². The second-order valence-electron chi connectivity index (χ2n) is 1.92. The van der Waals surface area contributed by atoms with Crippen LogP contribution in [0.1, 0.15) is 13.8 Å². The molecule has 0 saturated carbocycles. The van der Waals surface area contributed by atoms with E-state index in [1.54, 1.807) is 12.3 Å². The molecule has 1 N–H and O–H groups in total. The van der Waals surface area contributed by atoms with E-state index in [4.69, 9.17) is 0 Å². The maximum absolute atomic E-state index is 10.9. The first-order valence-corrected chi connectivity index (χ1v) is 3.80. The molecule has 0 unspecified atom stereocenters. The van der Waals surface area contributed by atoms with E-state index in [-0.39, 0.29) is 11.1 Å². The lowest BCUT2D eigenvalue weighted by Crippen LogP contribution is -2.01. The Labute approximate surface area is 69.2 Å². The fourth-order valence-electron chi connectivity index (χ4n) is 0.811. The van der Waals surface area contributed by atoms with Crippen LogP contribution in [0.15, 0.2) is 27.8 Å². The summed E-state index contributed by atoms with van der Waals surface area (Å²) in [6.07, 6.45) is 3.06. The minimum absolute atomic E-state index is 0.241. The molecule has 0 radical (unpaired) electrons. The third-order valence-corrected chi connectivity index (χ3v) is 1.28. The molecule has 0 fully saturated rings. The minimum atomic E-state index is -0.241. The van der Waals surface area contributed by atoms with Crippen LogP contribution in [0.3, 0.4) is 0 Å². The van der Waals surface area contributed by atoms with E-state index < -0.39 is 0 Å². The molecule has 64 valence electrons. The first-order chi connectivity index (χ1) is 5.88. The number of rotatable bonds is 0. The van der Waals surface area contributed by atoms with Gasteiger partial charge in [0, 0.05) is 11.6 Å². The molecule has 12 heavy (non-hydrogen) atoms. The molecule has 2 rings (SSSR count). The van der Waals surface area contributed by atoms with E-state index in [9.17, 15) is 4.79 Å². The summed E-state index contributed by atoms with van der Waals surface area (Å²) in [4.78, 5) is 13.3. The molecule has 0 aliphatic rings. The highest BCUT2D eigenvalue weighted by atomic mass is 16.5. The van der Waals surface area contributed by atoms with Crippen LogP contribution in [0, 0.1) is 0 Å². The lowest BCUT2D eigenvalue weighted by atomic mass is 10.3. The monoisotopic (exact) mass is 166 g/mol. The highest BCUT2D eigenvalue weighted by Crippen LogP contribution is 2.04. The van der Waals surface area contributed by atoms with Gasteiger partial charge < -0.3 is 9.51 Å². The smallest absolute Gasteiger partial charge is 0.294 e. The van der Waals surface area contributed by atoms with Crippen LogP contribution in [0.4, 0.5) is 0 Å². The second kappa shape index (κ2) is 3.71. The van der Waals surface area contributed by atoms with Crippen molar-refractivity contribution in [2.24, 2.45) is 0 Å². The first-order valence-electron chi connectivity index (χ1n) is 3.80. The van der Waals surface area contributed by atoms with Crippen molar-refractivity contribution < 1.29 is 4.52 Å². The molecular weight excluding hydrogens is 156 g/mol. The number of H-pyrrole nitrogens is 1. The van der Waals surface area contributed by atoms with Gasteiger partial charge in [0.15, 0.2) is 0 Å². The Kier molecular flexibility index (Phi) is 2.63. The van der Waals surface area contributed by atoms with Crippen LogP contribution in [-0.4, -0.2) is 10.1 Å². The minimum Gasteiger partial charge on any atom is -0.350 e. The van der Waals surface area contributed by atoms with E-state index in [0.29, 0.717) is 0 Å². The van der Waals surface area contributed by atoms with Crippen LogP contribution < -0.4 is 5.56 Å². The van der Waals surface area contributed by atoms with E-state index in [2.05, 4.69) is 14.7 Å². The Bertz CT molecular complexity index is 402. The maximum atomic E-state index is 10.9. The van der Waals surface area contributed by atoms with Crippen LogP contribution in [0.2, 0.25) is 0 Å². The molecule has 4 nitrogen and oxygen atoms in total. The number of pyridine rings is 1. The molecule has 0 aromatic carbocycles. The number of hydrogen-bond donors (Lipinski definition) is 1. The number of nitrogens with one attached hydrogen (secondary N) is 1. The summed E-state index contributed by atoms with van der Waals surface area (Å²) in [6, 6.07) is 1.73. The van der Waals surface area contributed by atoms with Crippen molar-refractivity contribution in [3.8, 4) is 0 Å². The summed E-state index contributed by atoms with van der Waals surface area (Å²) in [6.45, 7) is 4.00. The Balaban J connectivity index is 0.000000336. The zero-order valence-corrected chi connectivity index (χ0v) is 7.00. The number of aromatic nitrogens is 2. The molecular formula is C8H10N2O2. The van der Waals surface area contributed by atoms with E-state index in [0.717, 1.165) is 5.39 Å². The Hall–Kier alpha value is -1.58. The normalized spacial score (nSPS) is 9.17. The van der Waals surface area contributed by atoms with Crippen molar-refractivity contribution in [1.29, 1.82) is 0 Å². The number of fused-ring (bicyclic) bond motifs is 1. The second-order valence-corrected chi connectivity index (χ2v) is 1.92. The van der Waals surface area contributed by atoms with Crippen LogP contribution in [0.5, 0.6) is 0 Å². The quantitative estimate of drug-likeness (QED) is 0.645. The van der Waals surface area contributed by atoms with Gasteiger partial charge >= 0.3 is 0 Å². The van der Waals surface area contributed by atoms with Crippen LogP contribution in [0.25, 0.3) is 11.0 Å². The first kappa shape index (κ1) is 8.52. The van der Waals surface area contributed by atoms with Gasteiger partial charge in [0.25, 0.3) is 5.56 Å². The van der Waals surface area contributed by atoms with Gasteiger partial charge in [-0.05, 0) is 6.07 Å². The Morgan fingerprint density at radius 2 is 2.25 bits per heavy atom. The Morgan fingerprint density at radius 1 is 1.50 bits per heavy atom. The van der Waals surface area contributed by atoms with Gasteiger partial charge in [-0.15, -0.1) is 0 Å². The summed E-state index contributed by atoms with van der Waals surface area (Å²) in [5.41, 5.74) is 0.0394. The summed E-state index contributed by atoms with van der Waals surface area (Å²) in [5, 5.41) is 4.19. The van der Waals surface area contributed by atoms with Gasteiger partial charge in [0.1, 0.15) is 0 Å². The number of hydrogen-bond acceptors (Lipinski definition) is 3. The Morgan fingerprint density at radius 3 is 2.92 bits per heavy atom. The molecule has 2 aromatic heterocycles. The zero-order valence-electron chi connectivity index (χ0n) is 7.00. The van der Waals surface area contributed by atoms with Crippen molar-refractivity contribution in [3.05, 3.63) is 28.8 Å². The molecule has 0 atom stereocenters. The summed E-state index contributed by atoms with van der Waals surface area (Å²) in [7, 11) is 0. The van der Waals surface area contributed by atoms with Gasteiger partial charge in [0.2, 0.25) is 5.58 Å². The van der Waals surface area contributed by atoms with Crippen molar-refractivity contribution in [1.82, 2.24) is 10.1 Å². The molecule has 0 spiro atoms. The number of nitrogens with zero attached hydrogens (tertiary/aromatic N) is 1. The molecule has 0 aliphatic carbocycles. The fraction of sp³-hybridized carbons (Fsp3) is 0.250. The van der Waals surface area contributed by atoms with E-state index in [1.807, 2.05) is 13.8 Å². The summed E-state index contributed by atoms with van der Waals surface area (Å²) in [5.74, 6) is 0. The molecule has 0 amide bonds. The molecule has 0 bridgehead atoms. The predicted octanol–water partition coefficient (Wildman–Crippen LogP) is 1.54. The van der Waals surface area contributed by atoms with E-state index in [1.165, 1.54) is 6.20 Å². The predicted molar refractivity (Wildman–Crippen MR) is 46.0 cm³/mol. The largest absolute Gasteiger partial charge is 0.350 e.